The van der Waals surface area contributed by atoms with Crippen molar-refractivity contribution in [3.8, 4) is 0 Å². The van der Waals surface area contributed by atoms with Gasteiger partial charge in [-0.2, -0.15) is 5.10 Å². The normalized spacial score (nSPS) is 16.6. The van der Waals surface area contributed by atoms with Crippen LogP contribution in [0.2, 0.25) is 0 Å². The molecule has 0 amide bonds. The summed E-state index contributed by atoms with van der Waals surface area (Å²) >= 11 is 0. The van der Waals surface area contributed by atoms with E-state index in [2.05, 4.69) is 15.5 Å². The van der Waals surface area contributed by atoms with Crippen LogP contribution in [0.5, 0.6) is 0 Å². The number of nitrogens with one attached hydrogen (secondary N) is 2. The number of anilines is 1. The van der Waals surface area contributed by atoms with Crippen LogP contribution < -0.4 is 5.32 Å². The van der Waals surface area contributed by atoms with E-state index in [1.165, 1.54) is 0 Å². The third kappa shape index (κ3) is 2.48. The molecule has 1 aliphatic rings. The molecule has 2 heterocycles. The van der Waals surface area contributed by atoms with Crippen LogP contribution in [-0.2, 0) is 4.79 Å². The number of aromatic nitrogens is 2. The molecular weight excluding hydrogens is 314 g/mol. The lowest BCUT2D eigenvalue weighted by Crippen LogP contribution is -2.23. The molecule has 126 valence electrons. The van der Waals surface area contributed by atoms with E-state index in [0.717, 1.165) is 39.8 Å². The minimum absolute atomic E-state index is 0.347. The van der Waals surface area contributed by atoms with Crippen molar-refractivity contribution >= 4 is 22.6 Å². The number of allylic oxidation sites excluding steroid dienone is 1. The predicted molar refractivity (Wildman–Crippen MR) is 97.6 cm³/mol. The Morgan fingerprint density at radius 2 is 1.96 bits per heavy atom. The Balaban J connectivity index is 2.01. The molecule has 1 aromatic heterocycles. The summed E-state index contributed by atoms with van der Waals surface area (Å²) in [6.07, 6.45) is 3.27. The number of benzene rings is 2. The van der Waals surface area contributed by atoms with Gasteiger partial charge < -0.3 is 10.4 Å². The molecule has 25 heavy (non-hydrogen) atoms. The molecular formula is C20H19N3O2. The van der Waals surface area contributed by atoms with E-state index in [1.807, 2.05) is 49.4 Å². The second kappa shape index (κ2) is 6.09. The Morgan fingerprint density at radius 1 is 1.16 bits per heavy atom. The lowest BCUT2D eigenvalue weighted by Gasteiger charge is -2.28. The minimum Gasteiger partial charge on any atom is -0.478 e. The van der Waals surface area contributed by atoms with Gasteiger partial charge in [0.25, 0.3) is 0 Å². The standard InChI is InChI=1S/C20H19N3O2/c1-2-6-16-18(20(24)25)17(15-11-21-23-19(15)22-16)14-10-5-8-12-7-3-4-9-13(12)14/h3-5,7-11,17H,2,6H2,1H3,(H,24,25)(H2,21,22,23). The zero-order chi connectivity index (χ0) is 17.4. The summed E-state index contributed by atoms with van der Waals surface area (Å²) in [6.45, 7) is 2.05. The highest BCUT2D eigenvalue weighted by atomic mass is 16.4. The predicted octanol–water partition coefficient (Wildman–Crippen LogP) is 4.26. The molecule has 0 aliphatic carbocycles. The van der Waals surface area contributed by atoms with E-state index < -0.39 is 5.97 Å². The number of aromatic amines is 1. The molecule has 1 aliphatic heterocycles. The van der Waals surface area contributed by atoms with Crippen molar-refractivity contribution in [2.45, 2.75) is 25.7 Å². The van der Waals surface area contributed by atoms with Crippen molar-refractivity contribution in [3.05, 3.63) is 71.1 Å². The van der Waals surface area contributed by atoms with Crippen molar-refractivity contribution in [2.24, 2.45) is 0 Å². The molecule has 0 saturated carbocycles. The van der Waals surface area contributed by atoms with Gasteiger partial charge in [-0.05, 0) is 22.8 Å². The number of hydrogen-bond donors (Lipinski definition) is 3. The van der Waals surface area contributed by atoms with Gasteiger partial charge in [0.05, 0.1) is 11.8 Å². The SMILES string of the molecule is CCCC1=C(C(=O)O)C(c2cccc3ccccc23)c2cn[nH]c2N1. The average molecular weight is 333 g/mol. The van der Waals surface area contributed by atoms with Crippen molar-refractivity contribution in [1.82, 2.24) is 10.2 Å². The number of fused-ring (bicyclic) bond motifs is 2. The van der Waals surface area contributed by atoms with Crippen molar-refractivity contribution < 1.29 is 9.90 Å². The second-order valence-corrected chi connectivity index (χ2v) is 6.27. The van der Waals surface area contributed by atoms with Crippen molar-refractivity contribution in [1.29, 1.82) is 0 Å². The molecule has 0 spiro atoms. The first-order chi connectivity index (χ1) is 12.2. The summed E-state index contributed by atoms with van der Waals surface area (Å²) in [5.74, 6) is -0.452. The Kier molecular flexibility index (Phi) is 3.76. The fourth-order valence-electron chi connectivity index (χ4n) is 3.69. The number of carboxylic acids is 1. The lowest BCUT2D eigenvalue weighted by atomic mass is 9.80. The molecule has 1 atom stereocenters. The van der Waals surface area contributed by atoms with E-state index >= 15 is 0 Å². The lowest BCUT2D eigenvalue weighted by molar-refractivity contribution is -0.133. The van der Waals surface area contributed by atoms with Gasteiger partial charge in [0.1, 0.15) is 5.82 Å². The maximum absolute atomic E-state index is 12.2. The van der Waals surface area contributed by atoms with Crippen molar-refractivity contribution in [2.75, 3.05) is 5.32 Å². The molecule has 3 aromatic rings. The molecule has 0 saturated heterocycles. The fraction of sp³-hybridized carbons (Fsp3) is 0.200. The summed E-state index contributed by atoms with van der Waals surface area (Å²) < 4.78 is 0. The van der Waals surface area contributed by atoms with Gasteiger partial charge in [0.2, 0.25) is 0 Å². The van der Waals surface area contributed by atoms with E-state index in [-0.39, 0.29) is 5.92 Å². The van der Waals surface area contributed by atoms with Crippen molar-refractivity contribution in [3.63, 3.8) is 0 Å². The number of rotatable bonds is 4. The van der Waals surface area contributed by atoms with Crippen LogP contribution >= 0.6 is 0 Å². The van der Waals surface area contributed by atoms with E-state index in [9.17, 15) is 9.90 Å². The molecule has 5 heteroatoms. The number of nitrogens with zero attached hydrogens (tertiary/aromatic N) is 1. The number of carboxylic acid groups (broad SMARTS) is 1. The van der Waals surface area contributed by atoms with Crippen LogP contribution in [0, 0.1) is 0 Å². The third-order valence-electron chi connectivity index (χ3n) is 4.73. The highest BCUT2D eigenvalue weighted by molar-refractivity contribution is 5.96. The Labute approximate surface area is 145 Å². The molecule has 3 N–H and O–H groups in total. The highest BCUT2D eigenvalue weighted by Crippen LogP contribution is 2.43. The van der Waals surface area contributed by atoms with Crippen LogP contribution in [0.4, 0.5) is 5.82 Å². The number of hydrogen-bond acceptors (Lipinski definition) is 3. The van der Waals surface area contributed by atoms with Crippen LogP contribution in [0.3, 0.4) is 0 Å². The van der Waals surface area contributed by atoms with Crippen LogP contribution in [-0.4, -0.2) is 21.3 Å². The third-order valence-corrected chi connectivity index (χ3v) is 4.73. The Hall–Kier alpha value is -3.08. The zero-order valence-corrected chi connectivity index (χ0v) is 13.9. The molecule has 4 rings (SSSR count). The maximum Gasteiger partial charge on any atom is 0.334 e. The van der Waals surface area contributed by atoms with Gasteiger partial charge >= 0.3 is 5.97 Å². The minimum atomic E-state index is -0.888. The number of carbonyl (C=O) groups is 1. The van der Waals surface area contributed by atoms with E-state index in [0.29, 0.717) is 12.0 Å². The molecule has 0 bridgehead atoms. The van der Waals surface area contributed by atoms with Gasteiger partial charge in [-0.25, -0.2) is 4.79 Å². The summed E-state index contributed by atoms with van der Waals surface area (Å²) in [4.78, 5) is 12.2. The largest absolute Gasteiger partial charge is 0.478 e. The Bertz CT molecular complexity index is 982. The molecule has 2 aromatic carbocycles. The summed E-state index contributed by atoms with van der Waals surface area (Å²) in [5.41, 5.74) is 3.03. The Morgan fingerprint density at radius 3 is 2.76 bits per heavy atom. The van der Waals surface area contributed by atoms with Gasteiger partial charge in [-0.15, -0.1) is 0 Å². The highest BCUT2D eigenvalue weighted by Gasteiger charge is 2.35. The summed E-state index contributed by atoms with van der Waals surface area (Å²) in [7, 11) is 0. The molecule has 5 nitrogen and oxygen atoms in total. The van der Waals surface area contributed by atoms with Gasteiger partial charge in [-0.1, -0.05) is 55.8 Å². The quantitative estimate of drug-likeness (QED) is 0.666. The smallest absolute Gasteiger partial charge is 0.334 e. The molecule has 0 fully saturated rings. The topological polar surface area (TPSA) is 78.0 Å². The van der Waals surface area contributed by atoms with E-state index in [1.54, 1.807) is 6.20 Å². The van der Waals surface area contributed by atoms with Gasteiger partial charge in [0, 0.05) is 17.2 Å². The maximum atomic E-state index is 12.2. The first-order valence-corrected chi connectivity index (χ1v) is 8.45. The van der Waals surface area contributed by atoms with E-state index in [4.69, 9.17) is 0 Å². The first-order valence-electron chi connectivity index (χ1n) is 8.45. The number of H-pyrrole nitrogens is 1. The monoisotopic (exact) mass is 333 g/mol. The van der Waals surface area contributed by atoms with Gasteiger partial charge in [-0.3, -0.25) is 5.10 Å². The molecule has 1 unspecified atom stereocenters. The fourth-order valence-corrected chi connectivity index (χ4v) is 3.69. The second-order valence-electron chi connectivity index (χ2n) is 6.27. The van der Waals surface area contributed by atoms with Crippen LogP contribution in [0.15, 0.2) is 59.9 Å². The van der Waals surface area contributed by atoms with Crippen LogP contribution in [0.1, 0.15) is 36.8 Å². The first kappa shape index (κ1) is 15.4. The van der Waals surface area contributed by atoms with Gasteiger partial charge in [0.15, 0.2) is 0 Å². The summed E-state index contributed by atoms with van der Waals surface area (Å²) in [5, 5.41) is 22.5. The zero-order valence-electron chi connectivity index (χ0n) is 13.9. The average Bonchev–Trinajstić information content (AvgIpc) is 3.08. The van der Waals surface area contributed by atoms with Crippen LogP contribution in [0.25, 0.3) is 10.8 Å². The summed E-state index contributed by atoms with van der Waals surface area (Å²) in [6, 6.07) is 14.1. The molecule has 0 radical (unpaired) electrons. The number of aliphatic carboxylic acids is 1.